The van der Waals surface area contributed by atoms with Crippen molar-refractivity contribution in [2.75, 3.05) is 0 Å². The van der Waals surface area contributed by atoms with Crippen LogP contribution in [0.15, 0.2) is 48.5 Å². The van der Waals surface area contributed by atoms with E-state index < -0.39 is 39.1 Å². The molecule has 0 saturated carbocycles. The number of H-pyrrole nitrogens is 2. The van der Waals surface area contributed by atoms with Crippen LogP contribution in [0.25, 0.3) is 46.4 Å². The number of hydrogen-bond acceptors (Lipinski definition) is 6. The van der Waals surface area contributed by atoms with E-state index in [9.17, 15) is 9.59 Å². The molecule has 6 rings (SSSR count). The number of aromatic nitrogens is 4. The molecule has 1 fully saturated rings. The first kappa shape index (κ1) is 21.4. The maximum absolute atomic E-state index is 10.4. The Bertz CT molecular complexity index is 1290. The number of rotatable bonds is 0. The normalized spacial score (nSPS) is 19.2. The molecule has 0 aliphatic carbocycles. The molecule has 8 nitrogen and oxygen atoms in total. The average molecular weight is 622 g/mol. The van der Waals surface area contributed by atoms with E-state index >= 15 is 0 Å². The molecular weight excluding hydrogens is 603 g/mol. The Kier molecular flexibility index (Phi) is 5.72. The second-order valence-corrected chi connectivity index (χ2v) is 10.2. The molecule has 8 bridgehead atoms. The Morgan fingerprint density at radius 2 is 0.909 bits per heavy atom. The molecule has 2 atom stereocenters. The van der Waals surface area contributed by atoms with Gasteiger partial charge < -0.3 is 9.97 Å². The SMILES string of the molecule is C1=Cc2cc3ccc(cc4nc(cc5ccc(cc1n2)[nH]5)C=C4)[nH]3.O=[C]1[Pt][C](=O)C(O)C1O. The predicted octanol–water partition coefficient (Wildman–Crippen LogP) is 2.51. The van der Waals surface area contributed by atoms with Gasteiger partial charge in [-0.15, -0.1) is 0 Å². The topological polar surface area (TPSA) is 132 Å². The zero-order chi connectivity index (χ0) is 22.9. The Balaban J connectivity index is 0.000000215. The second-order valence-electron chi connectivity index (χ2n) is 7.42. The number of nitrogens with one attached hydrogen (secondary N) is 2. The van der Waals surface area contributed by atoms with Crippen LogP contribution < -0.4 is 0 Å². The van der Waals surface area contributed by atoms with E-state index in [1.165, 1.54) is 0 Å². The van der Waals surface area contributed by atoms with Crippen molar-refractivity contribution in [3.8, 4) is 0 Å². The molecule has 3 aliphatic heterocycles. The predicted molar refractivity (Wildman–Crippen MR) is 121 cm³/mol. The number of nitrogens with zero attached hydrogens (tertiary/aromatic N) is 2. The number of carbonyl (C=O) groups is 2. The maximum atomic E-state index is 10.4. The minimum atomic E-state index is -1.43. The van der Waals surface area contributed by atoms with Gasteiger partial charge in [-0.25, -0.2) is 9.97 Å². The fourth-order valence-corrected chi connectivity index (χ4v) is 5.28. The van der Waals surface area contributed by atoms with E-state index in [1.54, 1.807) is 0 Å². The molecular formula is C24H18N4O4Pt. The van der Waals surface area contributed by atoms with E-state index in [-0.39, 0.29) is 0 Å². The van der Waals surface area contributed by atoms with Crippen molar-refractivity contribution in [1.82, 2.24) is 19.9 Å². The van der Waals surface area contributed by atoms with Crippen molar-refractivity contribution in [3.63, 3.8) is 0 Å². The third-order valence-corrected chi connectivity index (χ3v) is 7.39. The van der Waals surface area contributed by atoms with E-state index in [0.717, 1.165) is 44.8 Å². The van der Waals surface area contributed by atoms with Crippen LogP contribution in [0.3, 0.4) is 0 Å². The molecule has 1 saturated heterocycles. The minimum absolute atomic E-state index is 0.479. The van der Waals surface area contributed by atoms with Gasteiger partial charge in [-0.3, -0.25) is 0 Å². The third-order valence-electron chi connectivity index (χ3n) is 4.93. The summed E-state index contributed by atoms with van der Waals surface area (Å²) in [6.07, 6.45) is 5.24. The summed E-state index contributed by atoms with van der Waals surface area (Å²) >= 11 is -1.25. The zero-order valence-corrected chi connectivity index (χ0v) is 19.3. The van der Waals surface area contributed by atoms with E-state index in [2.05, 4.69) is 44.2 Å². The number of aliphatic hydroxyl groups is 2. The number of fused-ring (bicyclic) bond motifs is 8. The molecule has 0 radical (unpaired) electrons. The fraction of sp³-hybridized carbons (Fsp3) is 0.0833. The summed E-state index contributed by atoms with van der Waals surface area (Å²) in [5, 5.41) is 17.3. The molecule has 168 valence electrons. The Labute approximate surface area is 196 Å². The quantitative estimate of drug-likeness (QED) is 0.210. The van der Waals surface area contributed by atoms with Gasteiger partial charge in [0.2, 0.25) is 0 Å². The van der Waals surface area contributed by atoms with Crippen LogP contribution in [0.1, 0.15) is 22.8 Å². The van der Waals surface area contributed by atoms with E-state index in [0.29, 0.717) is 0 Å². The van der Waals surface area contributed by atoms with Gasteiger partial charge in [-0.1, -0.05) is 0 Å². The number of aliphatic hydroxyl groups excluding tert-OH is 2. The first-order chi connectivity index (χ1) is 15.9. The summed E-state index contributed by atoms with van der Waals surface area (Å²) in [6, 6.07) is 16.4. The van der Waals surface area contributed by atoms with Crippen LogP contribution in [-0.4, -0.2) is 50.7 Å². The summed E-state index contributed by atoms with van der Waals surface area (Å²) in [6.45, 7) is 0. The van der Waals surface area contributed by atoms with Gasteiger partial charge in [-0.05, 0) is 72.8 Å². The van der Waals surface area contributed by atoms with Gasteiger partial charge in [0.05, 0.1) is 22.8 Å². The molecule has 33 heavy (non-hydrogen) atoms. The molecule has 3 aromatic rings. The average Bonchev–Trinajstić information content (AvgIpc) is 3.60. The van der Waals surface area contributed by atoms with E-state index in [4.69, 9.17) is 10.2 Å². The molecule has 4 N–H and O–H groups in total. The van der Waals surface area contributed by atoms with Gasteiger partial charge >= 0.3 is 58.9 Å². The first-order valence-corrected chi connectivity index (χ1v) is 12.3. The zero-order valence-electron chi connectivity index (χ0n) is 17.0. The third kappa shape index (κ3) is 4.83. The van der Waals surface area contributed by atoms with E-state index in [1.807, 2.05) is 48.6 Å². The Morgan fingerprint density at radius 1 is 0.606 bits per heavy atom. The van der Waals surface area contributed by atoms with Crippen molar-refractivity contribution in [3.05, 3.63) is 71.3 Å². The summed E-state index contributed by atoms with van der Waals surface area (Å²) in [7, 11) is 0. The second kappa shape index (κ2) is 8.82. The molecule has 0 aromatic carbocycles. The molecule has 0 amide bonds. The number of carbonyl (C=O) groups excluding carboxylic acids is 2. The van der Waals surface area contributed by atoms with Crippen molar-refractivity contribution in [1.29, 1.82) is 0 Å². The Hall–Kier alpha value is -3.45. The molecule has 0 spiro atoms. The molecule has 2 unspecified atom stereocenters. The van der Waals surface area contributed by atoms with Crippen LogP contribution in [-0.2, 0) is 28.2 Å². The first-order valence-electron chi connectivity index (χ1n) is 10.00. The van der Waals surface area contributed by atoms with Crippen molar-refractivity contribution >= 4 is 54.7 Å². The van der Waals surface area contributed by atoms with Crippen molar-refractivity contribution in [2.45, 2.75) is 12.2 Å². The van der Waals surface area contributed by atoms with Crippen molar-refractivity contribution in [2.24, 2.45) is 0 Å². The van der Waals surface area contributed by atoms with Gasteiger partial charge in [0, 0.05) is 22.1 Å². The van der Waals surface area contributed by atoms with Crippen LogP contribution in [0.4, 0.5) is 0 Å². The summed E-state index contributed by atoms with van der Waals surface area (Å²) in [4.78, 5) is 36.8. The monoisotopic (exact) mass is 621 g/mol. The van der Waals surface area contributed by atoms with Crippen LogP contribution >= 0.6 is 0 Å². The van der Waals surface area contributed by atoms with Gasteiger partial charge in [-0.2, -0.15) is 0 Å². The van der Waals surface area contributed by atoms with Gasteiger partial charge in [0.25, 0.3) is 0 Å². The molecule has 9 heteroatoms. The number of hydrogen-bond donors (Lipinski definition) is 4. The summed E-state index contributed by atoms with van der Waals surface area (Å²) in [5.74, 6) is 0. The fourth-order valence-electron chi connectivity index (χ4n) is 3.34. The molecule has 6 heterocycles. The van der Waals surface area contributed by atoms with Crippen molar-refractivity contribution < 1.29 is 38.4 Å². The molecule has 3 aromatic heterocycles. The van der Waals surface area contributed by atoms with Gasteiger partial charge in [0.15, 0.2) is 0 Å². The number of aromatic amines is 2. The van der Waals surface area contributed by atoms with Crippen LogP contribution in [0.2, 0.25) is 0 Å². The standard InChI is InChI=1S/C20H14N4.C4H4O4.Pt/c1-2-14-10-16-5-6-18(23-16)12-20-8-7-19(24-20)11-17-4-3-15(22-17)9-13(1)21-14;5-1-3(7)4(8)2-6;/h1-12,21,24H;3-4,7-8H;. The summed E-state index contributed by atoms with van der Waals surface area (Å²) < 4.78 is -0.958. The Morgan fingerprint density at radius 3 is 1.15 bits per heavy atom. The van der Waals surface area contributed by atoms with Crippen LogP contribution in [0, 0.1) is 0 Å². The van der Waals surface area contributed by atoms with Crippen LogP contribution in [0.5, 0.6) is 0 Å². The summed E-state index contributed by atoms with van der Waals surface area (Å²) in [5.41, 5.74) is 7.86. The van der Waals surface area contributed by atoms with Gasteiger partial charge in [0.1, 0.15) is 0 Å². The molecule has 3 aliphatic rings.